The summed E-state index contributed by atoms with van der Waals surface area (Å²) < 4.78 is 30.2. The van der Waals surface area contributed by atoms with Crippen LogP contribution in [0.1, 0.15) is 5.56 Å². The lowest BCUT2D eigenvalue weighted by atomic mass is 10.2. The molecule has 9 heteroatoms. The number of rotatable bonds is 4. The van der Waals surface area contributed by atoms with E-state index >= 15 is 0 Å². The van der Waals surface area contributed by atoms with E-state index in [1.165, 1.54) is 0 Å². The van der Waals surface area contributed by atoms with Crippen molar-refractivity contribution < 1.29 is 12.6 Å². The maximum absolute atomic E-state index is 11.1. The van der Waals surface area contributed by atoms with Gasteiger partial charge in [-0.1, -0.05) is 47.7 Å². The van der Waals surface area contributed by atoms with Gasteiger partial charge in [-0.05, 0) is 17.7 Å². The van der Waals surface area contributed by atoms with E-state index in [4.69, 9.17) is 4.18 Å². The summed E-state index contributed by atoms with van der Waals surface area (Å²) in [4.78, 5) is 5.60. The van der Waals surface area contributed by atoms with Crippen molar-refractivity contribution in [3.63, 3.8) is 0 Å². The van der Waals surface area contributed by atoms with Crippen LogP contribution < -0.4 is 0 Å². The van der Waals surface area contributed by atoms with Gasteiger partial charge < -0.3 is 0 Å². The van der Waals surface area contributed by atoms with Crippen molar-refractivity contribution in [1.29, 1.82) is 0 Å². The predicted octanol–water partition coefficient (Wildman–Crippen LogP) is 4.54. The van der Waals surface area contributed by atoms with Crippen LogP contribution in [0.25, 0.3) is 26.4 Å². The van der Waals surface area contributed by atoms with Gasteiger partial charge in [-0.2, -0.15) is 8.42 Å². The molecule has 2 heterocycles. The Morgan fingerprint density at radius 1 is 1.12 bits per heavy atom. The minimum absolute atomic E-state index is 0. The number of thiazole rings is 1. The summed E-state index contributed by atoms with van der Waals surface area (Å²) in [6.07, 6.45) is 3.08. The molecule has 138 valence electrons. The minimum Gasteiger partial charge on any atom is -0.290 e. The van der Waals surface area contributed by atoms with Crippen LogP contribution in [0, 0.1) is 0 Å². The molecular weight excluding hydrogens is 415 g/mol. The molecule has 0 amide bonds. The molecule has 0 aliphatic rings. The highest BCUT2D eigenvalue weighted by molar-refractivity contribution is 7.85. The topological polar surface area (TPSA) is 60.7 Å². The Morgan fingerprint density at radius 2 is 1.85 bits per heavy atom. The smallest absolute Gasteiger partial charge is 0.264 e. The van der Waals surface area contributed by atoms with Crippen molar-refractivity contribution in [1.82, 2.24) is 9.38 Å². The molecule has 0 aliphatic heterocycles. The maximum Gasteiger partial charge on any atom is 0.264 e. The largest absolute Gasteiger partial charge is 0.290 e. The Bertz CT molecular complexity index is 1140. The molecule has 0 atom stereocenters. The number of hydrogen-bond acceptors (Lipinski definition) is 5. The third-order valence-corrected chi connectivity index (χ3v) is 5.23. The lowest BCUT2D eigenvalue weighted by Crippen LogP contribution is -2.02. The molecule has 0 spiro atoms. The van der Waals surface area contributed by atoms with Crippen LogP contribution in [0.5, 0.6) is 0 Å². The quantitative estimate of drug-likeness (QED) is 0.446. The van der Waals surface area contributed by atoms with Gasteiger partial charge in [-0.25, -0.2) is 4.98 Å². The Labute approximate surface area is 167 Å². The third-order valence-electron chi connectivity index (χ3n) is 3.67. The van der Waals surface area contributed by atoms with Crippen molar-refractivity contribution in [3.05, 3.63) is 60.3 Å². The Hall–Kier alpha value is -1.64. The van der Waals surface area contributed by atoms with E-state index in [0.717, 1.165) is 38.3 Å². The van der Waals surface area contributed by atoms with Crippen molar-refractivity contribution in [2.75, 3.05) is 6.26 Å². The maximum atomic E-state index is 11.1. The fourth-order valence-corrected chi connectivity index (χ4v) is 3.98. The van der Waals surface area contributed by atoms with E-state index < -0.39 is 10.1 Å². The molecule has 4 aromatic rings. The molecule has 0 saturated heterocycles. The Balaban J connectivity index is 0.00000121. The van der Waals surface area contributed by atoms with Gasteiger partial charge in [-0.15, -0.1) is 24.8 Å². The van der Waals surface area contributed by atoms with Crippen molar-refractivity contribution in [3.8, 4) is 11.3 Å². The van der Waals surface area contributed by atoms with Gasteiger partial charge in [0, 0.05) is 11.8 Å². The molecule has 5 nitrogen and oxygen atoms in total. The van der Waals surface area contributed by atoms with Crippen LogP contribution in [0.15, 0.2) is 54.7 Å². The zero-order valence-corrected chi connectivity index (χ0v) is 16.9. The first-order valence-corrected chi connectivity index (χ1v) is 9.93. The molecule has 2 aromatic carbocycles. The van der Waals surface area contributed by atoms with Crippen LogP contribution in [-0.4, -0.2) is 24.1 Å². The van der Waals surface area contributed by atoms with Crippen molar-refractivity contribution >= 4 is 61.4 Å². The molecule has 0 saturated carbocycles. The molecule has 0 bridgehead atoms. The molecule has 2 aromatic heterocycles. The lowest BCUT2D eigenvalue weighted by Gasteiger charge is -2.01. The van der Waals surface area contributed by atoms with E-state index in [2.05, 4.69) is 9.38 Å². The van der Waals surface area contributed by atoms with Gasteiger partial charge in [0.2, 0.25) is 0 Å². The number of halogens is 2. The second-order valence-corrected chi connectivity index (χ2v) is 8.17. The lowest BCUT2D eigenvalue weighted by molar-refractivity contribution is 0.312. The first-order chi connectivity index (χ1) is 11.5. The highest BCUT2D eigenvalue weighted by Crippen LogP contribution is 2.30. The number of benzene rings is 2. The highest BCUT2D eigenvalue weighted by Gasteiger charge is 2.11. The summed E-state index contributed by atoms with van der Waals surface area (Å²) in [5.41, 5.74) is 3.89. The second-order valence-electron chi connectivity index (χ2n) is 5.52. The number of fused-ring (bicyclic) bond motifs is 3. The monoisotopic (exact) mass is 430 g/mol. The molecule has 0 unspecified atom stereocenters. The molecule has 0 fully saturated rings. The summed E-state index contributed by atoms with van der Waals surface area (Å²) in [6.45, 7) is 0.0459. The van der Waals surface area contributed by atoms with Crippen LogP contribution in [0.2, 0.25) is 0 Å². The average Bonchev–Trinajstić information content (AvgIpc) is 3.10. The summed E-state index contributed by atoms with van der Waals surface area (Å²) in [7, 11) is -3.44. The summed E-state index contributed by atoms with van der Waals surface area (Å²) in [5.74, 6) is 0. The molecule has 26 heavy (non-hydrogen) atoms. The summed E-state index contributed by atoms with van der Waals surface area (Å²) >= 11 is 1.57. The number of aromatic nitrogens is 2. The zero-order valence-electron chi connectivity index (χ0n) is 13.7. The zero-order chi connectivity index (χ0) is 16.7. The second kappa shape index (κ2) is 7.94. The van der Waals surface area contributed by atoms with Gasteiger partial charge in [0.05, 0.1) is 28.8 Å². The number of nitrogens with zero attached hydrogens (tertiary/aromatic N) is 2. The fourth-order valence-electron chi connectivity index (χ4n) is 2.56. The van der Waals surface area contributed by atoms with E-state index in [9.17, 15) is 8.42 Å². The average molecular weight is 431 g/mol. The number of imidazole rings is 1. The fraction of sp³-hybridized carbons (Fsp3) is 0.118. The number of hydrogen-bond donors (Lipinski definition) is 0. The third kappa shape index (κ3) is 4.19. The van der Waals surface area contributed by atoms with E-state index in [1.807, 2.05) is 54.7 Å². The summed E-state index contributed by atoms with van der Waals surface area (Å²) in [6, 6.07) is 15.8. The molecular formula is C17H16Cl2N2O3S2. The van der Waals surface area contributed by atoms with Crippen LogP contribution >= 0.6 is 36.2 Å². The molecule has 0 N–H and O–H groups in total. The molecule has 4 rings (SSSR count). The van der Waals surface area contributed by atoms with E-state index in [-0.39, 0.29) is 31.4 Å². The van der Waals surface area contributed by atoms with E-state index in [1.54, 1.807) is 11.3 Å². The molecule has 0 aliphatic carbocycles. The predicted molar refractivity (Wildman–Crippen MR) is 110 cm³/mol. The van der Waals surface area contributed by atoms with Gasteiger partial charge >= 0.3 is 0 Å². The Kier molecular flexibility index (Phi) is 6.31. The van der Waals surface area contributed by atoms with Crippen LogP contribution in [0.4, 0.5) is 0 Å². The highest BCUT2D eigenvalue weighted by atomic mass is 35.5. The minimum atomic E-state index is -3.44. The Morgan fingerprint density at radius 3 is 2.54 bits per heavy atom. The van der Waals surface area contributed by atoms with Crippen LogP contribution in [-0.2, 0) is 20.9 Å². The molecule has 0 radical (unpaired) electrons. The van der Waals surface area contributed by atoms with Crippen molar-refractivity contribution in [2.45, 2.75) is 6.61 Å². The van der Waals surface area contributed by atoms with Crippen LogP contribution in [0.3, 0.4) is 0 Å². The summed E-state index contributed by atoms with van der Waals surface area (Å²) in [5, 5.41) is 0. The van der Waals surface area contributed by atoms with Gasteiger partial charge in [0.15, 0.2) is 4.96 Å². The SMILES string of the molecule is CS(=O)(=O)OCc1ccc2c(c1)sc1nc(-c3ccccc3)cn12.Cl.Cl. The standard InChI is InChI=1S/C17H14N2O3S2.2ClH/c1-24(20,21)22-11-12-7-8-15-16(9-12)23-17-18-14(10-19(15)17)13-5-3-2-4-6-13;;/h2-10H,11H2,1H3;2*1H. The first-order valence-electron chi connectivity index (χ1n) is 7.30. The first kappa shape index (κ1) is 20.7. The normalized spacial score (nSPS) is 11.3. The van der Waals surface area contributed by atoms with Gasteiger partial charge in [0.1, 0.15) is 0 Å². The van der Waals surface area contributed by atoms with E-state index in [0.29, 0.717) is 0 Å². The van der Waals surface area contributed by atoms with Crippen molar-refractivity contribution in [2.24, 2.45) is 0 Å². The van der Waals surface area contributed by atoms with Gasteiger partial charge in [-0.3, -0.25) is 8.58 Å². The van der Waals surface area contributed by atoms with Gasteiger partial charge in [0.25, 0.3) is 10.1 Å².